The quantitative estimate of drug-likeness (QED) is 0.448. The predicted molar refractivity (Wildman–Crippen MR) is 121 cm³/mol. The summed E-state index contributed by atoms with van der Waals surface area (Å²) in [6, 6.07) is 21.8. The fraction of sp³-hybridized carbons (Fsp3) is 0.160. The molecule has 7 heteroatoms. The lowest BCUT2D eigenvalue weighted by Crippen LogP contribution is -2.30. The van der Waals surface area contributed by atoms with Gasteiger partial charge in [-0.3, -0.25) is 14.2 Å². The Morgan fingerprint density at radius 3 is 2.38 bits per heavy atom. The van der Waals surface area contributed by atoms with E-state index in [0.29, 0.717) is 11.3 Å². The molecule has 1 amide bonds. The highest BCUT2D eigenvalue weighted by Gasteiger charge is 2.20. The Morgan fingerprint density at radius 2 is 1.69 bits per heavy atom. The molecule has 1 unspecified atom stereocenters. The Morgan fingerprint density at radius 1 is 0.969 bits per heavy atom. The van der Waals surface area contributed by atoms with Crippen molar-refractivity contribution in [3.05, 3.63) is 90.3 Å². The van der Waals surface area contributed by atoms with Crippen LogP contribution in [0.3, 0.4) is 0 Å². The number of esters is 1. The van der Waals surface area contributed by atoms with Crippen molar-refractivity contribution in [3.8, 4) is 11.4 Å². The average Bonchev–Trinajstić information content (AvgIpc) is 3.28. The zero-order valence-corrected chi connectivity index (χ0v) is 17.8. The van der Waals surface area contributed by atoms with E-state index in [-0.39, 0.29) is 12.3 Å². The maximum Gasteiger partial charge on any atom is 0.307 e. The molecule has 4 rings (SSSR count). The lowest BCUT2D eigenvalue weighted by Gasteiger charge is -2.19. The first kappa shape index (κ1) is 21.1. The molecule has 3 aromatic carbocycles. The highest BCUT2D eigenvalue weighted by molar-refractivity contribution is 5.95. The Bertz CT molecular complexity index is 1230. The van der Waals surface area contributed by atoms with Gasteiger partial charge < -0.3 is 14.8 Å². The molecule has 0 aliphatic rings. The summed E-state index contributed by atoms with van der Waals surface area (Å²) >= 11 is 0. The van der Waals surface area contributed by atoms with Gasteiger partial charge in [0.2, 0.25) is 0 Å². The number of imidazole rings is 1. The molecule has 162 valence electrons. The summed E-state index contributed by atoms with van der Waals surface area (Å²) in [5.41, 5.74) is 4.06. The number of hydrogen-bond donors (Lipinski definition) is 1. The van der Waals surface area contributed by atoms with Crippen molar-refractivity contribution in [3.63, 3.8) is 0 Å². The molecule has 7 nitrogen and oxygen atoms in total. The molecule has 0 aliphatic carbocycles. The maximum absolute atomic E-state index is 12.9. The predicted octanol–water partition coefficient (Wildman–Crippen LogP) is 4.07. The molecule has 1 N–H and O–H groups in total. The molecule has 0 spiro atoms. The van der Waals surface area contributed by atoms with Crippen LogP contribution in [-0.4, -0.2) is 35.6 Å². The van der Waals surface area contributed by atoms with Crippen molar-refractivity contribution in [1.29, 1.82) is 0 Å². The number of ether oxygens (including phenoxy) is 2. The summed E-state index contributed by atoms with van der Waals surface area (Å²) in [5, 5.41) is 2.94. The number of rotatable bonds is 7. The van der Waals surface area contributed by atoms with Gasteiger partial charge in [0, 0.05) is 11.3 Å². The lowest BCUT2D eigenvalue weighted by molar-refractivity contribution is -0.141. The summed E-state index contributed by atoms with van der Waals surface area (Å²) in [6.07, 6.45) is 1.78. The topological polar surface area (TPSA) is 82.5 Å². The number of aromatic nitrogens is 2. The van der Waals surface area contributed by atoms with E-state index >= 15 is 0 Å². The van der Waals surface area contributed by atoms with Gasteiger partial charge in [-0.05, 0) is 54.1 Å². The van der Waals surface area contributed by atoms with E-state index in [1.807, 2.05) is 53.1 Å². The third kappa shape index (κ3) is 4.46. The lowest BCUT2D eigenvalue weighted by atomic mass is 10.0. The number of para-hydroxylation sites is 2. The Labute approximate surface area is 185 Å². The number of hydrogen-bond acceptors (Lipinski definition) is 5. The number of fused-ring (bicyclic) bond motifs is 1. The van der Waals surface area contributed by atoms with Crippen LogP contribution in [-0.2, 0) is 9.53 Å². The van der Waals surface area contributed by atoms with Crippen LogP contribution in [0.15, 0.2) is 79.1 Å². The van der Waals surface area contributed by atoms with Crippen molar-refractivity contribution >= 4 is 22.9 Å². The minimum absolute atomic E-state index is 0.0215. The molecule has 4 aromatic rings. The molecule has 0 saturated carbocycles. The zero-order valence-electron chi connectivity index (χ0n) is 17.8. The monoisotopic (exact) mass is 429 g/mol. The van der Waals surface area contributed by atoms with Gasteiger partial charge in [0.25, 0.3) is 5.91 Å². The van der Waals surface area contributed by atoms with E-state index in [2.05, 4.69) is 10.3 Å². The molecule has 0 fully saturated rings. The molecule has 0 aliphatic heterocycles. The smallest absolute Gasteiger partial charge is 0.307 e. The summed E-state index contributed by atoms with van der Waals surface area (Å²) < 4.78 is 12.0. The van der Waals surface area contributed by atoms with Crippen LogP contribution in [0, 0.1) is 0 Å². The third-order valence-electron chi connectivity index (χ3n) is 5.28. The molecule has 0 radical (unpaired) electrons. The second-order valence-electron chi connectivity index (χ2n) is 7.23. The number of amides is 1. The summed E-state index contributed by atoms with van der Waals surface area (Å²) in [4.78, 5) is 29.2. The van der Waals surface area contributed by atoms with Crippen LogP contribution in [0.2, 0.25) is 0 Å². The molecule has 1 heterocycles. The van der Waals surface area contributed by atoms with Gasteiger partial charge in [-0.1, -0.05) is 24.3 Å². The van der Waals surface area contributed by atoms with Crippen molar-refractivity contribution in [1.82, 2.24) is 14.9 Å². The van der Waals surface area contributed by atoms with Crippen LogP contribution in [0.4, 0.5) is 0 Å². The summed E-state index contributed by atoms with van der Waals surface area (Å²) in [7, 11) is 2.91. The van der Waals surface area contributed by atoms with Crippen LogP contribution in [0.1, 0.15) is 28.4 Å². The van der Waals surface area contributed by atoms with E-state index < -0.39 is 12.0 Å². The molecule has 1 aromatic heterocycles. The van der Waals surface area contributed by atoms with E-state index in [1.54, 1.807) is 37.7 Å². The normalized spacial score (nSPS) is 11.7. The number of carbonyl (C=O) groups is 2. The van der Waals surface area contributed by atoms with Crippen LogP contribution < -0.4 is 10.1 Å². The first-order chi connectivity index (χ1) is 15.6. The number of methoxy groups -OCH3 is 2. The fourth-order valence-corrected chi connectivity index (χ4v) is 3.52. The number of nitrogens with one attached hydrogen (secondary N) is 1. The minimum atomic E-state index is -0.530. The second kappa shape index (κ2) is 9.34. The highest BCUT2D eigenvalue weighted by Crippen LogP contribution is 2.22. The van der Waals surface area contributed by atoms with Gasteiger partial charge >= 0.3 is 5.97 Å². The fourth-order valence-electron chi connectivity index (χ4n) is 3.52. The van der Waals surface area contributed by atoms with Crippen molar-refractivity contribution < 1.29 is 19.1 Å². The number of carbonyl (C=O) groups excluding carboxylic acids is 2. The minimum Gasteiger partial charge on any atom is -0.497 e. The van der Waals surface area contributed by atoms with Crippen LogP contribution >= 0.6 is 0 Å². The van der Waals surface area contributed by atoms with Crippen molar-refractivity contribution in [2.24, 2.45) is 0 Å². The molecular formula is C25H23N3O4. The van der Waals surface area contributed by atoms with E-state index in [0.717, 1.165) is 22.3 Å². The summed E-state index contributed by atoms with van der Waals surface area (Å²) in [6.45, 7) is 0. The van der Waals surface area contributed by atoms with E-state index in [9.17, 15) is 9.59 Å². The molecular weight excluding hydrogens is 406 g/mol. The van der Waals surface area contributed by atoms with Gasteiger partial charge in [0.15, 0.2) is 0 Å². The first-order valence-corrected chi connectivity index (χ1v) is 10.1. The van der Waals surface area contributed by atoms with Crippen LogP contribution in [0.5, 0.6) is 5.75 Å². The Hall–Kier alpha value is -4.13. The first-order valence-electron chi connectivity index (χ1n) is 10.1. The van der Waals surface area contributed by atoms with Crippen LogP contribution in [0.25, 0.3) is 16.7 Å². The van der Waals surface area contributed by atoms with Gasteiger partial charge in [0.1, 0.15) is 12.1 Å². The SMILES string of the molecule is COC(=O)CC(NC(=O)c1ccc(-n2cnc3ccccc32)cc1)c1ccc(OC)cc1. The molecule has 1 atom stereocenters. The van der Waals surface area contributed by atoms with E-state index in [1.165, 1.54) is 7.11 Å². The third-order valence-corrected chi connectivity index (χ3v) is 5.28. The molecule has 32 heavy (non-hydrogen) atoms. The average molecular weight is 429 g/mol. The van der Waals surface area contributed by atoms with E-state index in [4.69, 9.17) is 9.47 Å². The molecule has 0 bridgehead atoms. The van der Waals surface area contributed by atoms with Gasteiger partial charge in [0.05, 0.1) is 37.7 Å². The molecule has 0 saturated heterocycles. The van der Waals surface area contributed by atoms with Gasteiger partial charge in [-0.2, -0.15) is 0 Å². The van der Waals surface area contributed by atoms with Crippen molar-refractivity contribution in [2.75, 3.05) is 14.2 Å². The number of benzene rings is 3. The standard InChI is InChI=1S/C25H23N3O4/c1-31-20-13-9-17(10-14-20)22(15-24(29)32-2)27-25(30)18-7-11-19(12-8-18)28-16-26-21-5-3-4-6-23(21)28/h3-14,16,22H,15H2,1-2H3,(H,27,30). The number of nitrogens with zero attached hydrogens (tertiary/aromatic N) is 2. The van der Waals surface area contributed by atoms with Gasteiger partial charge in [-0.15, -0.1) is 0 Å². The largest absolute Gasteiger partial charge is 0.497 e. The Balaban J connectivity index is 1.54. The summed E-state index contributed by atoms with van der Waals surface area (Å²) in [5.74, 6) is 0.00437. The zero-order chi connectivity index (χ0) is 22.5. The second-order valence-corrected chi connectivity index (χ2v) is 7.23. The Kier molecular flexibility index (Phi) is 6.17. The van der Waals surface area contributed by atoms with Crippen molar-refractivity contribution in [2.45, 2.75) is 12.5 Å². The van der Waals surface area contributed by atoms with Gasteiger partial charge in [-0.25, -0.2) is 4.98 Å². The maximum atomic E-state index is 12.9. The highest BCUT2D eigenvalue weighted by atomic mass is 16.5.